The maximum atomic E-state index is 15.3. The van der Waals surface area contributed by atoms with Crippen molar-refractivity contribution in [3.05, 3.63) is 75.8 Å². The van der Waals surface area contributed by atoms with Gasteiger partial charge in [0.2, 0.25) is 0 Å². The van der Waals surface area contributed by atoms with Crippen molar-refractivity contribution in [2.45, 2.75) is 70.0 Å². The van der Waals surface area contributed by atoms with Gasteiger partial charge in [-0.15, -0.1) is 0 Å². The van der Waals surface area contributed by atoms with E-state index in [0.717, 1.165) is 47.8 Å². The highest BCUT2D eigenvalue weighted by Gasteiger charge is 2.52. The molecule has 3 aromatic rings. The highest BCUT2D eigenvalue weighted by atomic mass is 79.9. The first-order valence-electron chi connectivity index (χ1n) is 16.4. The first kappa shape index (κ1) is 36.1. The molecule has 1 saturated heterocycles. The van der Waals surface area contributed by atoms with Gasteiger partial charge in [-0.05, 0) is 121 Å². The van der Waals surface area contributed by atoms with E-state index in [0.29, 0.717) is 45.2 Å². The van der Waals surface area contributed by atoms with Crippen LogP contribution in [0.3, 0.4) is 0 Å². The summed E-state index contributed by atoms with van der Waals surface area (Å²) in [6.45, 7) is 11.5. The van der Waals surface area contributed by atoms with Crippen LogP contribution in [0, 0.1) is 11.6 Å². The molecule has 1 fully saturated rings. The van der Waals surface area contributed by atoms with Crippen LogP contribution < -0.4 is 5.46 Å². The van der Waals surface area contributed by atoms with Gasteiger partial charge in [-0.2, -0.15) is 0 Å². The zero-order chi connectivity index (χ0) is 33.8. The Morgan fingerprint density at radius 3 is 1.79 bits per heavy atom. The Kier molecular flexibility index (Phi) is 11.6. The van der Waals surface area contributed by atoms with Crippen LogP contribution in [0.1, 0.15) is 64.5 Å². The van der Waals surface area contributed by atoms with Crippen molar-refractivity contribution in [2.24, 2.45) is 0 Å². The number of ether oxygens (including phenoxy) is 4. The van der Waals surface area contributed by atoms with E-state index in [2.05, 4.69) is 61.8 Å². The van der Waals surface area contributed by atoms with E-state index in [1.54, 1.807) is 14.2 Å². The second-order valence-electron chi connectivity index (χ2n) is 13.4. The molecule has 0 spiro atoms. The molecule has 254 valence electrons. The standard InChI is InChI=1S/C37H46BBrF2O6/c1-35(2)36(3,4)47-38(46-35)26-10-12-28-27-11-9-25(29-23-34(41)32(39)24-33(29)40)21-30(27)37(31(28)22-26,13-7-15-44-19-17-42-5)14-8-16-45-20-18-43-6/h9-12,21-24H,7-8,13-20H2,1-6H3. The molecule has 0 atom stereocenters. The van der Waals surface area contributed by atoms with Crippen LogP contribution in [0.25, 0.3) is 22.3 Å². The molecule has 0 amide bonds. The topological polar surface area (TPSA) is 55.4 Å². The van der Waals surface area contributed by atoms with Crippen molar-refractivity contribution in [1.82, 2.24) is 0 Å². The third-order valence-electron chi connectivity index (χ3n) is 9.88. The molecule has 6 nitrogen and oxygen atoms in total. The van der Waals surface area contributed by atoms with Gasteiger partial charge in [0.05, 0.1) is 42.1 Å². The van der Waals surface area contributed by atoms with Crippen molar-refractivity contribution in [2.75, 3.05) is 53.9 Å². The van der Waals surface area contributed by atoms with Crippen molar-refractivity contribution < 1.29 is 37.0 Å². The summed E-state index contributed by atoms with van der Waals surface area (Å²) < 4.78 is 65.2. The average molecular weight is 715 g/mol. The second kappa shape index (κ2) is 15.2. The van der Waals surface area contributed by atoms with Crippen LogP contribution in [0.5, 0.6) is 0 Å². The van der Waals surface area contributed by atoms with Crippen molar-refractivity contribution in [1.29, 1.82) is 0 Å². The fourth-order valence-electron chi connectivity index (χ4n) is 6.65. The first-order valence-corrected chi connectivity index (χ1v) is 17.2. The lowest BCUT2D eigenvalue weighted by Gasteiger charge is -2.33. The number of benzene rings is 3. The molecule has 1 aliphatic carbocycles. The number of halogens is 3. The number of methoxy groups -OCH3 is 2. The predicted molar refractivity (Wildman–Crippen MR) is 185 cm³/mol. The monoisotopic (exact) mass is 714 g/mol. The zero-order valence-corrected chi connectivity index (χ0v) is 29.9. The van der Waals surface area contributed by atoms with Crippen LogP contribution in [0.2, 0.25) is 0 Å². The summed E-state index contributed by atoms with van der Waals surface area (Å²) in [6.07, 6.45) is 3.15. The van der Waals surface area contributed by atoms with Gasteiger partial charge in [0.1, 0.15) is 11.6 Å². The summed E-state index contributed by atoms with van der Waals surface area (Å²) >= 11 is 3.12. The van der Waals surface area contributed by atoms with E-state index in [1.807, 2.05) is 18.2 Å². The molecule has 0 unspecified atom stereocenters. The molecule has 0 radical (unpaired) electrons. The SMILES string of the molecule is COCCOCCCC1(CCCOCCOC)c2cc(B3OC(C)(C)C(C)(C)O3)ccc2-c2ccc(-c3cc(F)c(Br)cc3F)cc21. The molecule has 3 aromatic carbocycles. The zero-order valence-electron chi connectivity index (χ0n) is 28.4. The minimum Gasteiger partial charge on any atom is -0.399 e. The molecule has 0 saturated carbocycles. The van der Waals surface area contributed by atoms with Crippen LogP contribution >= 0.6 is 15.9 Å². The molecule has 47 heavy (non-hydrogen) atoms. The highest BCUT2D eigenvalue weighted by molar-refractivity contribution is 9.10. The Hall–Kier alpha value is -2.18. The summed E-state index contributed by atoms with van der Waals surface area (Å²) in [5.74, 6) is -0.995. The van der Waals surface area contributed by atoms with Crippen molar-refractivity contribution in [3.63, 3.8) is 0 Å². The number of rotatable bonds is 16. The fourth-order valence-corrected chi connectivity index (χ4v) is 6.97. The van der Waals surface area contributed by atoms with Gasteiger partial charge in [0.25, 0.3) is 0 Å². The minimum absolute atomic E-state index is 0.0962. The Morgan fingerprint density at radius 2 is 1.21 bits per heavy atom. The van der Waals surface area contributed by atoms with Gasteiger partial charge in [0, 0.05) is 38.4 Å². The van der Waals surface area contributed by atoms with Crippen molar-refractivity contribution in [3.8, 4) is 22.3 Å². The average Bonchev–Trinajstić information content (AvgIpc) is 3.43. The smallest absolute Gasteiger partial charge is 0.399 e. The summed E-state index contributed by atoms with van der Waals surface area (Å²) in [6, 6.07) is 14.9. The predicted octanol–water partition coefficient (Wildman–Crippen LogP) is 7.85. The van der Waals surface area contributed by atoms with Crippen LogP contribution in [0.4, 0.5) is 8.78 Å². The normalized spacial score (nSPS) is 17.3. The highest BCUT2D eigenvalue weighted by Crippen LogP contribution is 2.54. The van der Waals surface area contributed by atoms with E-state index in [4.69, 9.17) is 28.3 Å². The van der Waals surface area contributed by atoms with Crippen LogP contribution in [-0.4, -0.2) is 72.2 Å². The quantitative estimate of drug-likeness (QED) is 0.0857. The molecule has 0 bridgehead atoms. The summed E-state index contributed by atoms with van der Waals surface area (Å²) in [5, 5.41) is 0. The lowest BCUT2D eigenvalue weighted by molar-refractivity contribution is 0.00578. The Balaban J connectivity index is 1.59. The van der Waals surface area contributed by atoms with E-state index >= 15 is 4.39 Å². The third-order valence-corrected chi connectivity index (χ3v) is 10.5. The van der Waals surface area contributed by atoms with Gasteiger partial charge in [0.15, 0.2) is 0 Å². The molecular weight excluding hydrogens is 669 g/mol. The Labute approximate surface area is 286 Å². The number of hydrogen-bond acceptors (Lipinski definition) is 6. The van der Waals surface area contributed by atoms with Gasteiger partial charge in [-0.3, -0.25) is 0 Å². The molecule has 1 aliphatic heterocycles. The van der Waals surface area contributed by atoms with Crippen LogP contribution in [-0.2, 0) is 33.7 Å². The molecule has 2 aliphatic rings. The maximum absolute atomic E-state index is 15.3. The molecular formula is C37H46BBrF2O6. The first-order chi connectivity index (χ1) is 22.4. The van der Waals surface area contributed by atoms with E-state index in [-0.39, 0.29) is 10.0 Å². The van der Waals surface area contributed by atoms with Gasteiger partial charge in [-0.1, -0.05) is 30.3 Å². The molecule has 0 N–H and O–H groups in total. The van der Waals surface area contributed by atoms with E-state index < -0.39 is 35.4 Å². The Morgan fingerprint density at radius 1 is 0.660 bits per heavy atom. The lowest BCUT2D eigenvalue weighted by Crippen LogP contribution is -2.41. The maximum Gasteiger partial charge on any atom is 0.494 e. The fraction of sp³-hybridized carbons (Fsp3) is 0.514. The number of fused-ring (bicyclic) bond motifs is 3. The summed E-state index contributed by atoms with van der Waals surface area (Å²) in [4.78, 5) is 0. The summed E-state index contributed by atoms with van der Waals surface area (Å²) in [5.41, 5.74) is 4.88. The van der Waals surface area contributed by atoms with Crippen LogP contribution in [0.15, 0.2) is 53.0 Å². The van der Waals surface area contributed by atoms with E-state index in [1.165, 1.54) is 17.7 Å². The molecule has 1 heterocycles. The van der Waals surface area contributed by atoms with E-state index in [9.17, 15) is 4.39 Å². The number of hydrogen-bond donors (Lipinski definition) is 0. The second-order valence-corrected chi connectivity index (χ2v) is 14.3. The molecule has 0 aromatic heterocycles. The minimum atomic E-state index is -0.517. The van der Waals surface area contributed by atoms with Crippen molar-refractivity contribution >= 4 is 28.5 Å². The molecule has 10 heteroatoms. The summed E-state index contributed by atoms with van der Waals surface area (Å²) in [7, 11) is 2.81. The molecule has 5 rings (SSSR count). The van der Waals surface area contributed by atoms with Gasteiger partial charge in [-0.25, -0.2) is 8.78 Å². The third kappa shape index (κ3) is 7.54. The van der Waals surface area contributed by atoms with Gasteiger partial charge < -0.3 is 28.3 Å². The lowest BCUT2D eigenvalue weighted by atomic mass is 9.69. The largest absolute Gasteiger partial charge is 0.494 e. The Bertz CT molecular complexity index is 1520. The van der Waals surface area contributed by atoms with Gasteiger partial charge >= 0.3 is 7.12 Å².